The lowest BCUT2D eigenvalue weighted by atomic mass is 10.2. The van der Waals surface area contributed by atoms with E-state index in [-0.39, 0.29) is 11.7 Å². The van der Waals surface area contributed by atoms with Crippen LogP contribution in [0.4, 0.5) is 0 Å². The molecule has 1 amide bonds. The number of rotatable bonds is 5. The molecule has 0 aliphatic heterocycles. The van der Waals surface area contributed by atoms with Crippen molar-refractivity contribution in [2.75, 3.05) is 5.88 Å². The Morgan fingerprint density at radius 1 is 1.47 bits per heavy atom. The van der Waals surface area contributed by atoms with E-state index in [1.807, 2.05) is 11.0 Å². The Kier molecular flexibility index (Phi) is 3.89. The normalized spacial score (nSPS) is 14.6. The van der Waals surface area contributed by atoms with Gasteiger partial charge in [0, 0.05) is 24.9 Å². The molecule has 1 aromatic rings. The van der Waals surface area contributed by atoms with Crippen LogP contribution in [0.1, 0.15) is 24.8 Å². The molecule has 0 bridgehead atoms. The monoisotopic (exact) mass is 253 g/mol. The quantitative estimate of drug-likeness (QED) is 0.820. The average Bonchev–Trinajstić information content (AvgIpc) is 3.10. The Labute approximate surface area is 106 Å². The van der Waals surface area contributed by atoms with Crippen molar-refractivity contribution in [1.82, 2.24) is 4.90 Å². The summed E-state index contributed by atoms with van der Waals surface area (Å²) >= 11 is 5.61. The zero-order valence-corrected chi connectivity index (χ0v) is 10.4. The summed E-state index contributed by atoms with van der Waals surface area (Å²) in [7, 11) is 0. The van der Waals surface area contributed by atoms with Crippen LogP contribution in [-0.2, 0) is 11.3 Å². The van der Waals surface area contributed by atoms with Crippen molar-refractivity contribution in [3.05, 3.63) is 29.8 Å². The van der Waals surface area contributed by atoms with Gasteiger partial charge in [-0.15, -0.1) is 11.6 Å². The van der Waals surface area contributed by atoms with Crippen LogP contribution in [0.3, 0.4) is 0 Å². The minimum atomic E-state index is 0.103. The highest BCUT2D eigenvalue weighted by Gasteiger charge is 2.31. The summed E-state index contributed by atoms with van der Waals surface area (Å²) < 4.78 is 0. The molecule has 0 spiro atoms. The van der Waals surface area contributed by atoms with Crippen LogP contribution in [-0.4, -0.2) is 27.8 Å². The molecular weight excluding hydrogens is 238 g/mol. The van der Waals surface area contributed by atoms with E-state index in [0.717, 1.165) is 18.4 Å². The van der Waals surface area contributed by atoms with E-state index in [4.69, 9.17) is 11.6 Å². The minimum absolute atomic E-state index is 0.103. The molecule has 17 heavy (non-hydrogen) atoms. The van der Waals surface area contributed by atoms with Crippen molar-refractivity contribution in [2.45, 2.75) is 31.8 Å². The second kappa shape index (κ2) is 5.41. The molecule has 3 nitrogen and oxygen atoms in total. The zero-order valence-electron chi connectivity index (χ0n) is 9.60. The summed E-state index contributed by atoms with van der Waals surface area (Å²) in [5, 5.41) is 9.40. The van der Waals surface area contributed by atoms with E-state index < -0.39 is 0 Å². The molecule has 0 saturated heterocycles. The van der Waals surface area contributed by atoms with Gasteiger partial charge < -0.3 is 10.0 Å². The number of carbonyl (C=O) groups excluding carboxylic acids is 1. The summed E-state index contributed by atoms with van der Waals surface area (Å²) in [6.07, 6.45) is 2.54. The van der Waals surface area contributed by atoms with Crippen LogP contribution in [0, 0.1) is 0 Å². The number of hydrogen-bond donors (Lipinski definition) is 1. The molecule has 0 heterocycles. The number of nitrogens with zero attached hydrogens (tertiary/aromatic N) is 1. The maximum Gasteiger partial charge on any atom is 0.224 e. The number of alkyl halides is 1. The molecule has 1 aliphatic carbocycles. The molecule has 0 atom stereocenters. The highest BCUT2D eigenvalue weighted by molar-refractivity contribution is 6.18. The second-order valence-corrected chi connectivity index (χ2v) is 4.74. The van der Waals surface area contributed by atoms with Gasteiger partial charge >= 0.3 is 0 Å². The molecule has 4 heteroatoms. The third kappa shape index (κ3) is 3.37. The van der Waals surface area contributed by atoms with Crippen LogP contribution in [0.5, 0.6) is 5.75 Å². The molecular formula is C13H16ClNO2. The van der Waals surface area contributed by atoms with E-state index in [0.29, 0.717) is 24.9 Å². The lowest BCUT2D eigenvalue weighted by Crippen LogP contribution is -2.32. The molecule has 1 saturated carbocycles. The Hall–Kier alpha value is -1.22. The van der Waals surface area contributed by atoms with Crippen LogP contribution in [0.15, 0.2) is 24.3 Å². The standard InChI is InChI=1S/C13H16ClNO2/c14-7-6-13(17)15(11-4-5-11)9-10-2-1-3-12(16)8-10/h1-3,8,11,16H,4-7,9H2. The average molecular weight is 254 g/mol. The highest BCUT2D eigenvalue weighted by Crippen LogP contribution is 2.29. The number of carbonyl (C=O) groups is 1. The van der Waals surface area contributed by atoms with Gasteiger partial charge in [-0.05, 0) is 30.5 Å². The first kappa shape index (κ1) is 12.2. The van der Waals surface area contributed by atoms with Gasteiger partial charge in [0.25, 0.3) is 0 Å². The molecule has 1 aliphatic rings. The summed E-state index contributed by atoms with van der Waals surface area (Å²) in [6.45, 7) is 0.564. The maximum atomic E-state index is 11.9. The van der Waals surface area contributed by atoms with Crippen molar-refractivity contribution in [2.24, 2.45) is 0 Å². The zero-order chi connectivity index (χ0) is 12.3. The smallest absolute Gasteiger partial charge is 0.224 e. The Balaban J connectivity index is 2.05. The van der Waals surface area contributed by atoms with Crippen molar-refractivity contribution >= 4 is 17.5 Å². The summed E-state index contributed by atoms with van der Waals surface area (Å²) in [6, 6.07) is 7.41. The molecule has 92 valence electrons. The Bertz CT molecular complexity index is 404. The van der Waals surface area contributed by atoms with E-state index in [2.05, 4.69) is 0 Å². The molecule has 1 N–H and O–H groups in total. The van der Waals surface area contributed by atoms with Gasteiger partial charge in [0.1, 0.15) is 5.75 Å². The van der Waals surface area contributed by atoms with Crippen molar-refractivity contribution in [3.63, 3.8) is 0 Å². The van der Waals surface area contributed by atoms with Gasteiger partial charge in [0.15, 0.2) is 0 Å². The number of amides is 1. The summed E-state index contributed by atoms with van der Waals surface area (Å²) in [5.74, 6) is 0.705. The fraction of sp³-hybridized carbons (Fsp3) is 0.462. The third-order valence-corrected chi connectivity index (χ3v) is 3.07. The number of aromatic hydroxyl groups is 1. The maximum absolute atomic E-state index is 11.9. The van der Waals surface area contributed by atoms with Crippen LogP contribution < -0.4 is 0 Å². The van der Waals surface area contributed by atoms with Crippen molar-refractivity contribution < 1.29 is 9.90 Å². The predicted molar refractivity (Wildman–Crippen MR) is 67.0 cm³/mol. The number of phenolic OH excluding ortho intramolecular Hbond substituents is 1. The number of hydrogen-bond acceptors (Lipinski definition) is 2. The summed E-state index contributed by atoms with van der Waals surface area (Å²) in [5.41, 5.74) is 0.958. The van der Waals surface area contributed by atoms with Crippen molar-refractivity contribution in [3.8, 4) is 5.75 Å². The minimum Gasteiger partial charge on any atom is -0.508 e. The molecule has 0 unspecified atom stereocenters. The van der Waals surface area contributed by atoms with Crippen LogP contribution in [0.25, 0.3) is 0 Å². The first-order valence-electron chi connectivity index (χ1n) is 5.84. The SMILES string of the molecule is O=C(CCCl)N(Cc1cccc(O)c1)C1CC1. The Morgan fingerprint density at radius 2 is 2.24 bits per heavy atom. The van der Waals surface area contributed by atoms with E-state index in [1.54, 1.807) is 18.2 Å². The van der Waals surface area contributed by atoms with Gasteiger partial charge in [0.05, 0.1) is 0 Å². The van der Waals surface area contributed by atoms with E-state index >= 15 is 0 Å². The molecule has 0 radical (unpaired) electrons. The van der Waals surface area contributed by atoms with Crippen molar-refractivity contribution in [1.29, 1.82) is 0 Å². The van der Waals surface area contributed by atoms with E-state index in [1.165, 1.54) is 0 Å². The molecule has 1 fully saturated rings. The fourth-order valence-corrected chi connectivity index (χ4v) is 2.04. The first-order valence-corrected chi connectivity index (χ1v) is 6.37. The number of phenols is 1. The third-order valence-electron chi connectivity index (χ3n) is 2.88. The number of halogens is 1. The van der Waals surface area contributed by atoms with Gasteiger partial charge in [0.2, 0.25) is 5.91 Å². The van der Waals surface area contributed by atoms with E-state index in [9.17, 15) is 9.90 Å². The lowest BCUT2D eigenvalue weighted by molar-refractivity contribution is -0.132. The van der Waals surface area contributed by atoms with Gasteiger partial charge in [-0.1, -0.05) is 12.1 Å². The molecule has 1 aromatic carbocycles. The Morgan fingerprint density at radius 3 is 2.82 bits per heavy atom. The van der Waals surface area contributed by atoms with Gasteiger partial charge in [-0.25, -0.2) is 0 Å². The molecule has 0 aromatic heterocycles. The van der Waals surface area contributed by atoms with Gasteiger partial charge in [-0.2, -0.15) is 0 Å². The predicted octanol–water partition coefficient (Wildman–Crippen LogP) is 2.51. The summed E-state index contributed by atoms with van der Waals surface area (Å²) in [4.78, 5) is 13.8. The van der Waals surface area contributed by atoms with Gasteiger partial charge in [-0.3, -0.25) is 4.79 Å². The van der Waals surface area contributed by atoms with Crippen LogP contribution >= 0.6 is 11.6 Å². The topological polar surface area (TPSA) is 40.5 Å². The lowest BCUT2D eigenvalue weighted by Gasteiger charge is -2.22. The number of benzene rings is 1. The van der Waals surface area contributed by atoms with Crippen LogP contribution in [0.2, 0.25) is 0 Å². The first-order chi connectivity index (χ1) is 8.20. The fourth-order valence-electron chi connectivity index (χ4n) is 1.88. The highest BCUT2D eigenvalue weighted by atomic mass is 35.5. The second-order valence-electron chi connectivity index (χ2n) is 4.36. The molecule has 2 rings (SSSR count). The largest absolute Gasteiger partial charge is 0.508 e.